The lowest BCUT2D eigenvalue weighted by molar-refractivity contribution is -0.163. The van der Waals surface area contributed by atoms with Crippen LogP contribution in [0, 0.1) is 5.92 Å². The Bertz CT molecular complexity index is 221. The van der Waals surface area contributed by atoms with Gasteiger partial charge in [-0.1, -0.05) is 19.3 Å². The maximum atomic E-state index is 11.1. The van der Waals surface area contributed by atoms with Crippen LogP contribution in [0.2, 0.25) is 0 Å². The number of methoxy groups -OCH3 is 1. The van der Waals surface area contributed by atoms with Crippen molar-refractivity contribution in [1.82, 2.24) is 0 Å². The van der Waals surface area contributed by atoms with Gasteiger partial charge in [-0.05, 0) is 18.8 Å². The van der Waals surface area contributed by atoms with E-state index in [1.54, 1.807) is 7.11 Å². The summed E-state index contributed by atoms with van der Waals surface area (Å²) in [6, 6.07) is 0. The lowest BCUT2D eigenvalue weighted by atomic mass is 9.88. The topological polar surface area (TPSA) is 35.5 Å². The second-order valence-electron chi connectivity index (χ2n) is 4.70. The molecule has 0 aromatic heterocycles. The van der Waals surface area contributed by atoms with Crippen molar-refractivity contribution < 1.29 is 14.3 Å². The molecule has 0 spiro atoms. The Morgan fingerprint density at radius 1 is 1.27 bits per heavy atom. The van der Waals surface area contributed by atoms with Crippen molar-refractivity contribution in [3.8, 4) is 0 Å². The first-order valence-electron chi connectivity index (χ1n) is 5.98. The van der Waals surface area contributed by atoms with E-state index in [1.165, 1.54) is 32.1 Å². The smallest absolute Gasteiger partial charge is 0.166 e. The third-order valence-corrected chi connectivity index (χ3v) is 3.58. The maximum Gasteiger partial charge on any atom is 0.166 e. The van der Waals surface area contributed by atoms with Crippen molar-refractivity contribution in [2.45, 2.75) is 50.7 Å². The Hall–Kier alpha value is -0.410. The average molecular weight is 212 g/mol. The molecule has 0 N–H and O–H groups in total. The van der Waals surface area contributed by atoms with Crippen LogP contribution in [-0.4, -0.2) is 31.7 Å². The van der Waals surface area contributed by atoms with Crippen LogP contribution in [0.3, 0.4) is 0 Å². The lowest BCUT2D eigenvalue weighted by Gasteiger charge is -2.34. The molecular formula is C12H20O3. The van der Waals surface area contributed by atoms with E-state index in [1.807, 2.05) is 0 Å². The van der Waals surface area contributed by atoms with Crippen LogP contribution in [0.5, 0.6) is 0 Å². The second-order valence-corrected chi connectivity index (χ2v) is 4.70. The van der Waals surface area contributed by atoms with Gasteiger partial charge >= 0.3 is 0 Å². The molecule has 2 fully saturated rings. The normalized spacial score (nSPS) is 32.7. The molecule has 0 radical (unpaired) electrons. The predicted molar refractivity (Wildman–Crippen MR) is 56.7 cm³/mol. The summed E-state index contributed by atoms with van der Waals surface area (Å²) in [6.07, 6.45) is 6.93. The predicted octanol–water partition coefficient (Wildman–Crippen LogP) is 1.94. The van der Waals surface area contributed by atoms with E-state index < -0.39 is 0 Å². The van der Waals surface area contributed by atoms with Gasteiger partial charge in [-0.25, -0.2) is 0 Å². The minimum Gasteiger partial charge on any atom is -0.374 e. The Balaban J connectivity index is 1.67. The van der Waals surface area contributed by atoms with Crippen molar-refractivity contribution >= 4 is 5.78 Å². The summed E-state index contributed by atoms with van der Waals surface area (Å²) in [5, 5.41) is 0. The minimum absolute atomic E-state index is 0.0319. The van der Waals surface area contributed by atoms with E-state index in [0.29, 0.717) is 12.3 Å². The SMILES string of the molecule is COC1C(=O)CC1OCC1CCCCC1. The van der Waals surface area contributed by atoms with E-state index in [9.17, 15) is 4.79 Å². The molecule has 2 rings (SSSR count). The molecule has 2 aliphatic rings. The zero-order valence-electron chi connectivity index (χ0n) is 9.41. The van der Waals surface area contributed by atoms with Crippen LogP contribution in [0.25, 0.3) is 0 Å². The van der Waals surface area contributed by atoms with E-state index in [0.717, 1.165) is 6.61 Å². The van der Waals surface area contributed by atoms with Gasteiger partial charge in [-0.3, -0.25) is 4.79 Å². The van der Waals surface area contributed by atoms with Gasteiger partial charge in [0.25, 0.3) is 0 Å². The van der Waals surface area contributed by atoms with Gasteiger partial charge in [0.05, 0.1) is 6.10 Å². The zero-order chi connectivity index (χ0) is 10.7. The number of hydrogen-bond acceptors (Lipinski definition) is 3. The summed E-state index contributed by atoms with van der Waals surface area (Å²) in [6.45, 7) is 0.817. The Morgan fingerprint density at radius 3 is 2.60 bits per heavy atom. The monoisotopic (exact) mass is 212 g/mol. The standard InChI is InChI=1S/C12H20O3/c1-14-12-10(13)7-11(12)15-8-9-5-3-2-4-6-9/h9,11-12H,2-8H2,1H3. The molecule has 3 nitrogen and oxygen atoms in total. The largest absolute Gasteiger partial charge is 0.374 e. The van der Waals surface area contributed by atoms with Crippen molar-refractivity contribution in [2.24, 2.45) is 5.92 Å². The van der Waals surface area contributed by atoms with E-state index >= 15 is 0 Å². The number of Topliss-reactive ketones (excluding diaryl/α,β-unsaturated/α-hetero) is 1. The molecule has 86 valence electrons. The summed E-state index contributed by atoms with van der Waals surface area (Å²) in [4.78, 5) is 11.1. The van der Waals surface area contributed by atoms with Gasteiger partial charge in [0.1, 0.15) is 6.10 Å². The number of ketones is 1. The van der Waals surface area contributed by atoms with E-state index in [2.05, 4.69) is 0 Å². The van der Waals surface area contributed by atoms with Crippen LogP contribution in [-0.2, 0) is 14.3 Å². The van der Waals surface area contributed by atoms with Gasteiger partial charge in [0.15, 0.2) is 5.78 Å². The van der Waals surface area contributed by atoms with Gasteiger partial charge < -0.3 is 9.47 Å². The molecule has 3 heteroatoms. The van der Waals surface area contributed by atoms with Gasteiger partial charge in [0.2, 0.25) is 0 Å². The van der Waals surface area contributed by atoms with Crippen LogP contribution in [0.1, 0.15) is 38.5 Å². The molecule has 0 saturated heterocycles. The molecule has 2 saturated carbocycles. The van der Waals surface area contributed by atoms with E-state index in [4.69, 9.17) is 9.47 Å². The van der Waals surface area contributed by atoms with Gasteiger partial charge in [-0.15, -0.1) is 0 Å². The highest BCUT2D eigenvalue weighted by molar-refractivity contribution is 5.90. The number of ether oxygens (including phenoxy) is 2. The molecule has 0 bridgehead atoms. The number of hydrogen-bond donors (Lipinski definition) is 0. The second kappa shape index (κ2) is 5.08. The molecule has 0 heterocycles. The molecule has 2 unspecified atom stereocenters. The Morgan fingerprint density at radius 2 is 2.00 bits per heavy atom. The zero-order valence-corrected chi connectivity index (χ0v) is 9.41. The summed E-state index contributed by atoms with van der Waals surface area (Å²) in [7, 11) is 1.58. The minimum atomic E-state index is -0.284. The molecule has 0 aliphatic heterocycles. The first-order valence-corrected chi connectivity index (χ1v) is 5.98. The van der Waals surface area contributed by atoms with Gasteiger partial charge in [-0.2, -0.15) is 0 Å². The van der Waals surface area contributed by atoms with Crippen LogP contribution >= 0.6 is 0 Å². The summed E-state index contributed by atoms with van der Waals surface area (Å²) in [5.74, 6) is 0.901. The maximum absolute atomic E-state index is 11.1. The molecule has 15 heavy (non-hydrogen) atoms. The molecule has 0 aromatic rings. The fraction of sp³-hybridized carbons (Fsp3) is 0.917. The molecule has 0 amide bonds. The van der Waals surface area contributed by atoms with Crippen molar-refractivity contribution in [3.63, 3.8) is 0 Å². The first kappa shape index (κ1) is 11.1. The molecule has 2 aliphatic carbocycles. The molecule has 0 aromatic carbocycles. The summed E-state index contributed by atoms with van der Waals surface area (Å²) < 4.78 is 10.8. The Labute approximate surface area is 91.1 Å². The highest BCUT2D eigenvalue weighted by Gasteiger charge is 2.41. The fourth-order valence-corrected chi connectivity index (χ4v) is 2.51. The molecular weight excluding hydrogens is 192 g/mol. The van der Waals surface area contributed by atoms with Crippen LogP contribution in [0.4, 0.5) is 0 Å². The van der Waals surface area contributed by atoms with Crippen LogP contribution < -0.4 is 0 Å². The fourth-order valence-electron chi connectivity index (χ4n) is 2.51. The van der Waals surface area contributed by atoms with Gasteiger partial charge in [0, 0.05) is 20.1 Å². The summed E-state index contributed by atoms with van der Waals surface area (Å²) in [5.41, 5.74) is 0. The quantitative estimate of drug-likeness (QED) is 0.714. The van der Waals surface area contributed by atoms with Crippen molar-refractivity contribution in [1.29, 1.82) is 0 Å². The van der Waals surface area contributed by atoms with Crippen molar-refractivity contribution in [2.75, 3.05) is 13.7 Å². The van der Waals surface area contributed by atoms with Crippen LogP contribution in [0.15, 0.2) is 0 Å². The average Bonchev–Trinajstić information content (AvgIpc) is 2.26. The summed E-state index contributed by atoms with van der Waals surface area (Å²) >= 11 is 0. The number of carbonyl (C=O) groups is 1. The third kappa shape index (κ3) is 2.58. The lowest BCUT2D eigenvalue weighted by Crippen LogP contribution is -2.50. The number of carbonyl (C=O) groups excluding carboxylic acids is 1. The highest BCUT2D eigenvalue weighted by Crippen LogP contribution is 2.27. The van der Waals surface area contributed by atoms with Crippen molar-refractivity contribution in [3.05, 3.63) is 0 Å². The highest BCUT2D eigenvalue weighted by atomic mass is 16.5. The number of rotatable bonds is 4. The Kier molecular flexibility index (Phi) is 3.76. The third-order valence-electron chi connectivity index (χ3n) is 3.58. The molecule has 2 atom stereocenters. The first-order chi connectivity index (χ1) is 7.31. The van der Waals surface area contributed by atoms with E-state index in [-0.39, 0.29) is 18.0 Å².